The molecule has 1 rings (SSSR count). The van der Waals surface area contributed by atoms with Gasteiger partial charge in [0.1, 0.15) is 5.82 Å². The van der Waals surface area contributed by atoms with Gasteiger partial charge < -0.3 is 4.74 Å². The number of hydrogen-bond acceptors (Lipinski definition) is 3. The number of rotatable bonds is 7. The molecule has 18 heavy (non-hydrogen) atoms. The third-order valence-corrected chi connectivity index (χ3v) is 3.05. The first-order valence-electron chi connectivity index (χ1n) is 5.69. The van der Waals surface area contributed by atoms with Gasteiger partial charge in [-0.25, -0.2) is 4.39 Å². The summed E-state index contributed by atoms with van der Waals surface area (Å²) in [5.41, 5.74) is 0.632. The molecule has 0 radical (unpaired) electrons. The maximum atomic E-state index is 13.7. The lowest BCUT2D eigenvalue weighted by atomic mass is 10.2. The second-order valence-corrected chi connectivity index (χ2v) is 4.83. The predicted octanol–water partition coefficient (Wildman–Crippen LogP) is 2.95. The van der Waals surface area contributed by atoms with E-state index in [2.05, 4.69) is 22.0 Å². The van der Waals surface area contributed by atoms with E-state index in [1.54, 1.807) is 13.2 Å². The van der Waals surface area contributed by atoms with Gasteiger partial charge in [-0.3, -0.25) is 4.90 Å². The van der Waals surface area contributed by atoms with E-state index in [-0.39, 0.29) is 5.82 Å². The van der Waals surface area contributed by atoms with E-state index < -0.39 is 0 Å². The Labute approximate surface area is 115 Å². The highest BCUT2D eigenvalue weighted by Gasteiger charge is 2.09. The van der Waals surface area contributed by atoms with Crippen molar-refractivity contribution >= 4 is 15.9 Å². The van der Waals surface area contributed by atoms with Crippen molar-refractivity contribution < 1.29 is 9.13 Å². The van der Waals surface area contributed by atoms with E-state index >= 15 is 0 Å². The van der Waals surface area contributed by atoms with E-state index in [4.69, 9.17) is 10.00 Å². The maximum Gasteiger partial charge on any atom is 0.128 e. The summed E-state index contributed by atoms with van der Waals surface area (Å²) < 4.78 is 19.4. The second-order valence-electron chi connectivity index (χ2n) is 3.91. The molecule has 0 fully saturated rings. The zero-order valence-corrected chi connectivity index (χ0v) is 11.9. The third-order valence-electron chi connectivity index (χ3n) is 2.56. The number of ether oxygens (including phenoxy) is 1. The minimum Gasteiger partial charge on any atom is -0.383 e. The van der Waals surface area contributed by atoms with E-state index in [0.29, 0.717) is 38.2 Å². The van der Waals surface area contributed by atoms with Crippen LogP contribution < -0.4 is 0 Å². The molecule has 3 nitrogen and oxygen atoms in total. The zero-order valence-electron chi connectivity index (χ0n) is 10.3. The van der Waals surface area contributed by atoms with Gasteiger partial charge in [0.05, 0.1) is 12.7 Å². The molecular weight excluding hydrogens is 299 g/mol. The van der Waals surface area contributed by atoms with Gasteiger partial charge in [0.25, 0.3) is 0 Å². The highest BCUT2D eigenvalue weighted by molar-refractivity contribution is 9.10. The smallest absolute Gasteiger partial charge is 0.128 e. The van der Waals surface area contributed by atoms with Crippen molar-refractivity contribution in [2.75, 3.05) is 26.8 Å². The second kappa shape index (κ2) is 8.20. The van der Waals surface area contributed by atoms with Crippen LogP contribution in [0.25, 0.3) is 0 Å². The van der Waals surface area contributed by atoms with Crippen molar-refractivity contribution in [1.29, 1.82) is 5.26 Å². The van der Waals surface area contributed by atoms with Crippen LogP contribution in [0.3, 0.4) is 0 Å². The Morgan fingerprint density at radius 2 is 2.22 bits per heavy atom. The van der Waals surface area contributed by atoms with Crippen LogP contribution in [0.2, 0.25) is 0 Å². The fourth-order valence-corrected chi connectivity index (χ4v) is 1.92. The summed E-state index contributed by atoms with van der Waals surface area (Å²) in [7, 11) is 1.63. The first kappa shape index (κ1) is 15.1. The summed E-state index contributed by atoms with van der Waals surface area (Å²) in [5.74, 6) is -0.233. The molecule has 0 atom stereocenters. The van der Waals surface area contributed by atoms with E-state index in [1.165, 1.54) is 6.07 Å². The third kappa shape index (κ3) is 5.13. The number of methoxy groups -OCH3 is 1. The first-order valence-corrected chi connectivity index (χ1v) is 6.49. The Balaban J connectivity index is 2.66. The lowest BCUT2D eigenvalue weighted by Gasteiger charge is -2.21. The minimum absolute atomic E-state index is 0.233. The van der Waals surface area contributed by atoms with Crippen LogP contribution in [-0.4, -0.2) is 31.7 Å². The van der Waals surface area contributed by atoms with Crippen LogP contribution in [0.5, 0.6) is 0 Å². The van der Waals surface area contributed by atoms with Gasteiger partial charge in [0.2, 0.25) is 0 Å². The molecule has 0 spiro atoms. The van der Waals surface area contributed by atoms with Gasteiger partial charge in [-0.1, -0.05) is 22.0 Å². The van der Waals surface area contributed by atoms with Gasteiger partial charge >= 0.3 is 0 Å². The SMILES string of the molecule is COCCN(CCC#N)Cc1ccc(Br)cc1F. The summed E-state index contributed by atoms with van der Waals surface area (Å²) in [6, 6.07) is 7.13. The van der Waals surface area contributed by atoms with Crippen LogP contribution in [0.4, 0.5) is 4.39 Å². The topological polar surface area (TPSA) is 36.3 Å². The average Bonchev–Trinajstić information content (AvgIpc) is 2.35. The number of nitriles is 1. The lowest BCUT2D eigenvalue weighted by molar-refractivity contribution is 0.144. The van der Waals surface area contributed by atoms with Crippen LogP contribution in [0, 0.1) is 17.1 Å². The molecule has 1 aromatic carbocycles. The van der Waals surface area contributed by atoms with Crippen LogP contribution in [0.1, 0.15) is 12.0 Å². The summed E-state index contributed by atoms with van der Waals surface area (Å²) >= 11 is 3.23. The van der Waals surface area contributed by atoms with E-state index in [1.807, 2.05) is 11.0 Å². The Morgan fingerprint density at radius 1 is 1.44 bits per heavy atom. The zero-order chi connectivity index (χ0) is 13.4. The normalized spacial score (nSPS) is 10.6. The van der Waals surface area contributed by atoms with Crippen LogP contribution in [0.15, 0.2) is 22.7 Å². The van der Waals surface area contributed by atoms with Gasteiger partial charge in [0.15, 0.2) is 0 Å². The standard InChI is InChI=1S/C13H16BrFN2O/c1-18-8-7-17(6-2-5-16)10-11-3-4-12(14)9-13(11)15/h3-4,9H,2,6-8,10H2,1H3. The molecule has 0 saturated heterocycles. The summed E-state index contributed by atoms with van der Waals surface area (Å²) in [5, 5.41) is 8.61. The molecule has 0 unspecified atom stereocenters. The van der Waals surface area contributed by atoms with Gasteiger partial charge in [-0.15, -0.1) is 0 Å². The van der Waals surface area contributed by atoms with Gasteiger partial charge in [-0.2, -0.15) is 5.26 Å². The monoisotopic (exact) mass is 314 g/mol. The minimum atomic E-state index is -0.233. The molecule has 0 aliphatic heterocycles. The van der Waals surface area contributed by atoms with Crippen molar-refractivity contribution in [1.82, 2.24) is 4.90 Å². The quantitative estimate of drug-likeness (QED) is 0.776. The Hall–Kier alpha value is -0.960. The molecule has 0 aliphatic rings. The molecule has 0 heterocycles. The fourth-order valence-electron chi connectivity index (χ4n) is 1.59. The van der Waals surface area contributed by atoms with E-state index in [0.717, 1.165) is 4.47 Å². The Bertz CT molecular complexity index is 420. The molecule has 0 saturated carbocycles. The van der Waals surface area contributed by atoms with Crippen molar-refractivity contribution in [2.24, 2.45) is 0 Å². The maximum absolute atomic E-state index is 13.7. The highest BCUT2D eigenvalue weighted by Crippen LogP contribution is 2.16. The molecule has 0 aromatic heterocycles. The molecule has 0 aliphatic carbocycles. The fraction of sp³-hybridized carbons (Fsp3) is 0.462. The molecular formula is C13H16BrFN2O. The first-order chi connectivity index (χ1) is 8.67. The average molecular weight is 315 g/mol. The molecule has 5 heteroatoms. The number of benzene rings is 1. The van der Waals surface area contributed by atoms with Crippen LogP contribution in [-0.2, 0) is 11.3 Å². The van der Waals surface area contributed by atoms with Gasteiger partial charge in [0, 0.05) is 43.2 Å². The number of nitrogens with zero attached hydrogens (tertiary/aromatic N) is 2. The van der Waals surface area contributed by atoms with Crippen molar-refractivity contribution in [3.63, 3.8) is 0 Å². The Kier molecular flexibility index (Phi) is 6.88. The molecule has 1 aromatic rings. The number of halogens is 2. The van der Waals surface area contributed by atoms with E-state index in [9.17, 15) is 4.39 Å². The Morgan fingerprint density at radius 3 is 2.83 bits per heavy atom. The van der Waals surface area contributed by atoms with Crippen LogP contribution >= 0.6 is 15.9 Å². The van der Waals surface area contributed by atoms with Crippen molar-refractivity contribution in [3.05, 3.63) is 34.1 Å². The predicted molar refractivity (Wildman–Crippen MR) is 71.5 cm³/mol. The summed E-state index contributed by atoms with van der Waals surface area (Å²) in [6.07, 6.45) is 0.432. The molecule has 98 valence electrons. The molecule has 0 bridgehead atoms. The highest BCUT2D eigenvalue weighted by atomic mass is 79.9. The largest absolute Gasteiger partial charge is 0.383 e. The summed E-state index contributed by atoms with van der Waals surface area (Å²) in [4.78, 5) is 2.01. The molecule has 0 amide bonds. The van der Waals surface area contributed by atoms with Crippen molar-refractivity contribution in [2.45, 2.75) is 13.0 Å². The summed E-state index contributed by atoms with van der Waals surface area (Å²) in [6.45, 7) is 2.37. The number of hydrogen-bond donors (Lipinski definition) is 0. The lowest BCUT2D eigenvalue weighted by Crippen LogP contribution is -2.28. The van der Waals surface area contributed by atoms with Crippen molar-refractivity contribution in [3.8, 4) is 6.07 Å². The molecule has 0 N–H and O–H groups in total. The van der Waals surface area contributed by atoms with Gasteiger partial charge in [-0.05, 0) is 12.1 Å².